The van der Waals surface area contributed by atoms with E-state index in [1.807, 2.05) is 12.4 Å². The van der Waals surface area contributed by atoms with E-state index < -0.39 is 0 Å². The molecule has 2 N–H and O–H groups in total. The van der Waals surface area contributed by atoms with E-state index in [4.69, 9.17) is 0 Å². The third kappa shape index (κ3) is 4.56. The third-order valence-electron chi connectivity index (χ3n) is 3.23. The van der Waals surface area contributed by atoms with Crippen molar-refractivity contribution in [2.24, 2.45) is 5.41 Å². The molecule has 2 rings (SSSR count). The quantitative estimate of drug-likeness (QED) is 0.821. The van der Waals surface area contributed by atoms with Gasteiger partial charge in [-0.05, 0) is 29.0 Å². The molecule has 2 nitrogen and oxygen atoms in total. The zero-order valence-electron chi connectivity index (χ0n) is 12.1. The van der Waals surface area contributed by atoms with E-state index in [0.717, 1.165) is 13.0 Å². The summed E-state index contributed by atoms with van der Waals surface area (Å²) in [6.45, 7) is 7.78. The minimum atomic E-state index is 0.311. The molecule has 1 unspecified atom stereocenters. The van der Waals surface area contributed by atoms with Crippen molar-refractivity contribution in [3.8, 4) is 0 Å². The molecular weight excluding hydrogens is 232 g/mol. The highest BCUT2D eigenvalue weighted by Crippen LogP contribution is 2.29. The van der Waals surface area contributed by atoms with Gasteiger partial charge in [0.15, 0.2) is 0 Å². The van der Waals surface area contributed by atoms with Crippen LogP contribution in [0.2, 0.25) is 0 Å². The molecule has 0 bridgehead atoms. The average molecular weight is 256 g/mol. The van der Waals surface area contributed by atoms with E-state index in [2.05, 4.69) is 67.5 Å². The molecular formula is C17H24N2. The van der Waals surface area contributed by atoms with Crippen LogP contribution in [0.15, 0.2) is 48.8 Å². The second-order valence-corrected chi connectivity index (χ2v) is 6.33. The van der Waals surface area contributed by atoms with E-state index in [1.54, 1.807) is 0 Å². The molecule has 0 aliphatic rings. The van der Waals surface area contributed by atoms with Gasteiger partial charge < -0.3 is 10.3 Å². The standard InChI is InChI=1S/C17H24N2/c1-17(2,3)11-16(15-7-5-4-6-8-15)19-13-14-9-10-18-12-14/h4-10,12,16,18-19H,11,13H2,1-3H3. The molecule has 1 aromatic carbocycles. The topological polar surface area (TPSA) is 27.8 Å². The Morgan fingerprint density at radius 1 is 1.11 bits per heavy atom. The van der Waals surface area contributed by atoms with Crippen molar-refractivity contribution in [1.29, 1.82) is 0 Å². The van der Waals surface area contributed by atoms with Gasteiger partial charge in [-0.3, -0.25) is 0 Å². The molecule has 0 saturated heterocycles. The van der Waals surface area contributed by atoms with Gasteiger partial charge in [0, 0.05) is 25.0 Å². The fourth-order valence-corrected chi connectivity index (χ4v) is 2.32. The lowest BCUT2D eigenvalue weighted by atomic mass is 9.85. The molecule has 0 amide bonds. The summed E-state index contributed by atoms with van der Waals surface area (Å²) in [6.07, 6.45) is 5.14. The largest absolute Gasteiger partial charge is 0.367 e. The van der Waals surface area contributed by atoms with Gasteiger partial charge in [-0.15, -0.1) is 0 Å². The predicted octanol–water partition coefficient (Wildman–Crippen LogP) is 4.28. The second-order valence-electron chi connectivity index (χ2n) is 6.33. The van der Waals surface area contributed by atoms with E-state index in [0.29, 0.717) is 11.5 Å². The highest BCUT2D eigenvalue weighted by molar-refractivity contribution is 5.19. The van der Waals surface area contributed by atoms with Crippen LogP contribution < -0.4 is 5.32 Å². The second kappa shape index (κ2) is 6.07. The maximum Gasteiger partial charge on any atom is 0.0328 e. The highest BCUT2D eigenvalue weighted by Gasteiger charge is 2.19. The van der Waals surface area contributed by atoms with Crippen molar-refractivity contribution < 1.29 is 0 Å². The first-order valence-corrected chi connectivity index (χ1v) is 6.94. The van der Waals surface area contributed by atoms with E-state index in [-0.39, 0.29) is 0 Å². The van der Waals surface area contributed by atoms with Crippen molar-refractivity contribution >= 4 is 0 Å². The summed E-state index contributed by atoms with van der Waals surface area (Å²) in [5.74, 6) is 0. The van der Waals surface area contributed by atoms with Crippen LogP contribution in [0.4, 0.5) is 0 Å². The molecule has 1 atom stereocenters. The van der Waals surface area contributed by atoms with Crippen LogP contribution in [0.5, 0.6) is 0 Å². The van der Waals surface area contributed by atoms with Gasteiger partial charge in [-0.25, -0.2) is 0 Å². The Kier molecular flexibility index (Phi) is 4.43. The number of hydrogen-bond acceptors (Lipinski definition) is 1. The zero-order chi connectivity index (χ0) is 13.7. The number of aromatic amines is 1. The fourth-order valence-electron chi connectivity index (χ4n) is 2.32. The van der Waals surface area contributed by atoms with Crippen molar-refractivity contribution in [2.45, 2.75) is 39.8 Å². The van der Waals surface area contributed by atoms with Gasteiger partial charge in [0.05, 0.1) is 0 Å². The first kappa shape index (κ1) is 13.9. The Labute approximate surface area is 116 Å². The summed E-state index contributed by atoms with van der Waals surface area (Å²) in [6, 6.07) is 13.2. The zero-order valence-corrected chi connectivity index (χ0v) is 12.1. The molecule has 0 fully saturated rings. The minimum absolute atomic E-state index is 0.311. The van der Waals surface area contributed by atoms with Gasteiger partial charge in [-0.1, -0.05) is 51.1 Å². The molecule has 1 heterocycles. The summed E-state index contributed by atoms with van der Waals surface area (Å²) in [5.41, 5.74) is 2.98. The number of benzene rings is 1. The number of aromatic nitrogens is 1. The maximum atomic E-state index is 3.67. The number of nitrogens with one attached hydrogen (secondary N) is 2. The van der Waals surface area contributed by atoms with Gasteiger partial charge in [0.25, 0.3) is 0 Å². The molecule has 0 saturated carbocycles. The normalized spacial score (nSPS) is 13.4. The van der Waals surface area contributed by atoms with E-state index in [1.165, 1.54) is 11.1 Å². The van der Waals surface area contributed by atoms with Crippen molar-refractivity contribution in [3.05, 3.63) is 59.9 Å². The summed E-state index contributed by atoms with van der Waals surface area (Å²) in [4.78, 5) is 3.10. The van der Waals surface area contributed by atoms with Gasteiger partial charge >= 0.3 is 0 Å². The highest BCUT2D eigenvalue weighted by atomic mass is 14.9. The SMILES string of the molecule is CC(C)(C)CC(NCc1cc[nH]c1)c1ccccc1. The molecule has 0 radical (unpaired) electrons. The fraction of sp³-hybridized carbons (Fsp3) is 0.412. The Balaban J connectivity index is 2.06. The summed E-state index contributed by atoms with van der Waals surface area (Å²) in [5, 5.41) is 3.67. The van der Waals surface area contributed by atoms with Crippen LogP contribution >= 0.6 is 0 Å². The van der Waals surface area contributed by atoms with Gasteiger partial charge in [0.1, 0.15) is 0 Å². The smallest absolute Gasteiger partial charge is 0.0328 e. The minimum Gasteiger partial charge on any atom is -0.367 e. The molecule has 19 heavy (non-hydrogen) atoms. The van der Waals surface area contributed by atoms with Crippen LogP contribution in [-0.2, 0) is 6.54 Å². The van der Waals surface area contributed by atoms with Gasteiger partial charge in [-0.2, -0.15) is 0 Å². The first-order valence-electron chi connectivity index (χ1n) is 6.94. The van der Waals surface area contributed by atoms with Crippen LogP contribution in [0.25, 0.3) is 0 Å². The van der Waals surface area contributed by atoms with Crippen LogP contribution in [0.1, 0.15) is 44.4 Å². The van der Waals surface area contributed by atoms with Crippen molar-refractivity contribution in [3.63, 3.8) is 0 Å². The Morgan fingerprint density at radius 3 is 2.42 bits per heavy atom. The molecule has 0 aliphatic carbocycles. The average Bonchev–Trinajstić information content (AvgIpc) is 2.87. The lowest BCUT2D eigenvalue weighted by Crippen LogP contribution is -2.25. The molecule has 0 spiro atoms. The molecule has 0 aliphatic heterocycles. The number of hydrogen-bond donors (Lipinski definition) is 2. The van der Waals surface area contributed by atoms with Crippen LogP contribution in [0.3, 0.4) is 0 Å². The first-order chi connectivity index (χ1) is 9.04. The van der Waals surface area contributed by atoms with Crippen molar-refractivity contribution in [1.82, 2.24) is 10.3 Å². The van der Waals surface area contributed by atoms with E-state index >= 15 is 0 Å². The summed E-state index contributed by atoms with van der Waals surface area (Å²) < 4.78 is 0. The predicted molar refractivity (Wildman–Crippen MR) is 80.9 cm³/mol. The number of rotatable bonds is 5. The molecule has 2 heteroatoms. The Bertz CT molecular complexity index is 466. The number of H-pyrrole nitrogens is 1. The van der Waals surface area contributed by atoms with Gasteiger partial charge in [0.2, 0.25) is 0 Å². The summed E-state index contributed by atoms with van der Waals surface area (Å²) in [7, 11) is 0. The third-order valence-corrected chi connectivity index (χ3v) is 3.23. The Morgan fingerprint density at radius 2 is 1.84 bits per heavy atom. The molecule has 1 aromatic heterocycles. The lowest BCUT2D eigenvalue weighted by molar-refractivity contribution is 0.310. The maximum absolute atomic E-state index is 3.67. The lowest BCUT2D eigenvalue weighted by Gasteiger charge is -2.27. The van der Waals surface area contributed by atoms with Crippen molar-refractivity contribution in [2.75, 3.05) is 0 Å². The Hall–Kier alpha value is -1.54. The molecule has 102 valence electrons. The van der Waals surface area contributed by atoms with Crippen LogP contribution in [0, 0.1) is 5.41 Å². The van der Waals surface area contributed by atoms with E-state index in [9.17, 15) is 0 Å². The summed E-state index contributed by atoms with van der Waals surface area (Å²) >= 11 is 0. The molecule has 2 aromatic rings. The van der Waals surface area contributed by atoms with Crippen LogP contribution in [-0.4, -0.2) is 4.98 Å². The monoisotopic (exact) mass is 256 g/mol.